The molecule has 30 heavy (non-hydrogen) atoms. The van der Waals surface area contributed by atoms with Gasteiger partial charge in [0, 0.05) is 19.4 Å². The van der Waals surface area contributed by atoms with Crippen molar-refractivity contribution < 1.29 is 19.6 Å². The van der Waals surface area contributed by atoms with Crippen molar-refractivity contribution in [2.24, 2.45) is 0 Å². The summed E-state index contributed by atoms with van der Waals surface area (Å²) in [7, 11) is -0.149. The van der Waals surface area contributed by atoms with E-state index in [0.29, 0.717) is 25.7 Å². The van der Waals surface area contributed by atoms with Gasteiger partial charge in [-0.25, -0.2) is 4.98 Å². The lowest BCUT2D eigenvalue weighted by atomic mass is 9.76. The number of carbonyl (C=O) groups excluding carboxylic acids is 2. The maximum atomic E-state index is 12.9. The van der Waals surface area contributed by atoms with Gasteiger partial charge in [0.1, 0.15) is 11.7 Å². The highest BCUT2D eigenvalue weighted by molar-refractivity contribution is 6.43. The molecule has 0 aliphatic carbocycles. The van der Waals surface area contributed by atoms with Crippen molar-refractivity contribution in [3.63, 3.8) is 0 Å². The van der Waals surface area contributed by atoms with Crippen molar-refractivity contribution in [2.45, 2.75) is 51.0 Å². The monoisotopic (exact) mass is 412 g/mol. The summed E-state index contributed by atoms with van der Waals surface area (Å²) in [5.41, 5.74) is 1.30. The Kier molecular flexibility index (Phi) is 9.43. The van der Waals surface area contributed by atoms with Crippen LogP contribution < -0.4 is 5.32 Å². The lowest BCUT2D eigenvalue weighted by molar-refractivity contribution is -0.126. The number of nitrogens with zero attached hydrogens (tertiary/aromatic N) is 3. The molecule has 0 fully saturated rings. The zero-order chi connectivity index (χ0) is 21.9. The maximum Gasteiger partial charge on any atom is 0.475 e. The molecule has 2 rings (SSSR count). The molecular weight excluding hydrogens is 383 g/mol. The first-order valence-corrected chi connectivity index (χ1v) is 10.2. The van der Waals surface area contributed by atoms with Gasteiger partial charge < -0.3 is 20.3 Å². The van der Waals surface area contributed by atoms with Crippen LogP contribution in [0.25, 0.3) is 0 Å². The van der Waals surface area contributed by atoms with Crippen LogP contribution in [-0.4, -0.2) is 62.9 Å². The van der Waals surface area contributed by atoms with Gasteiger partial charge in [0.2, 0.25) is 5.91 Å². The van der Waals surface area contributed by atoms with E-state index in [0.717, 1.165) is 12.0 Å². The van der Waals surface area contributed by atoms with Gasteiger partial charge >= 0.3 is 7.12 Å². The van der Waals surface area contributed by atoms with Crippen molar-refractivity contribution >= 4 is 18.9 Å². The van der Waals surface area contributed by atoms with Crippen LogP contribution in [0.2, 0.25) is 0 Å². The number of nitrogens with one attached hydrogen (secondary N) is 1. The number of hydrogen-bond acceptors (Lipinski definition) is 6. The van der Waals surface area contributed by atoms with Crippen molar-refractivity contribution in [3.05, 3.63) is 60.2 Å². The summed E-state index contributed by atoms with van der Waals surface area (Å²) in [6, 6.07) is 9.11. The fourth-order valence-electron chi connectivity index (χ4n) is 3.25. The van der Waals surface area contributed by atoms with Gasteiger partial charge in [0.05, 0.1) is 12.1 Å². The van der Waals surface area contributed by atoms with Crippen LogP contribution >= 0.6 is 0 Å². The molecule has 0 spiro atoms. The first-order valence-electron chi connectivity index (χ1n) is 10.2. The molecular formula is C21H29BN4O4. The molecule has 0 radical (unpaired) electrons. The number of amides is 2. The number of rotatable bonds is 11. The number of aromatic nitrogens is 2. The van der Waals surface area contributed by atoms with Crippen molar-refractivity contribution in [1.82, 2.24) is 20.2 Å². The van der Waals surface area contributed by atoms with E-state index < -0.39 is 30.9 Å². The molecule has 2 aromatic rings. The summed E-state index contributed by atoms with van der Waals surface area (Å²) in [5, 5.41) is 22.2. The molecule has 0 saturated carbocycles. The molecule has 3 N–H and O–H groups in total. The third kappa shape index (κ3) is 6.93. The number of hydrogen-bond donors (Lipinski definition) is 3. The van der Waals surface area contributed by atoms with Crippen LogP contribution in [0.5, 0.6) is 0 Å². The summed E-state index contributed by atoms with van der Waals surface area (Å²) < 4.78 is 0. The quantitative estimate of drug-likeness (QED) is 0.479. The highest BCUT2D eigenvalue weighted by atomic mass is 16.4. The fourth-order valence-corrected chi connectivity index (χ4v) is 3.25. The number of aryl methyl sites for hydroxylation is 1. The molecule has 160 valence electrons. The van der Waals surface area contributed by atoms with Gasteiger partial charge in [-0.15, -0.1) is 0 Å². The molecule has 1 aromatic carbocycles. The Labute approximate surface area is 177 Å². The van der Waals surface area contributed by atoms with E-state index in [2.05, 4.69) is 15.3 Å². The zero-order valence-corrected chi connectivity index (χ0v) is 17.4. The molecule has 0 unspecified atom stereocenters. The third-order valence-corrected chi connectivity index (χ3v) is 4.95. The smallest absolute Gasteiger partial charge is 0.426 e. The minimum atomic E-state index is -1.69. The summed E-state index contributed by atoms with van der Waals surface area (Å²) in [4.78, 5) is 34.8. The number of benzene rings is 1. The van der Waals surface area contributed by atoms with Gasteiger partial charge in [0.15, 0.2) is 0 Å². The van der Waals surface area contributed by atoms with Crippen molar-refractivity contribution in [2.75, 3.05) is 7.05 Å². The lowest BCUT2D eigenvalue weighted by Gasteiger charge is -2.29. The molecule has 2 amide bonds. The second-order valence-electron chi connectivity index (χ2n) is 7.22. The molecule has 0 saturated heterocycles. The van der Waals surface area contributed by atoms with Crippen LogP contribution in [0, 0.1) is 0 Å². The summed E-state index contributed by atoms with van der Waals surface area (Å²) in [5.74, 6) is -1.66. The van der Waals surface area contributed by atoms with Gasteiger partial charge in [-0.05, 0) is 31.2 Å². The van der Waals surface area contributed by atoms with Crippen LogP contribution in [0.3, 0.4) is 0 Å². The Morgan fingerprint density at radius 1 is 1.17 bits per heavy atom. The summed E-state index contributed by atoms with van der Waals surface area (Å²) in [6.07, 6.45) is 7.20. The van der Waals surface area contributed by atoms with Gasteiger partial charge in [-0.3, -0.25) is 14.6 Å². The standard InChI is InChI=1S/C21H29BN4O4/c1-3-8-18(26(2)21(28)17-15-23-13-14-24-17)20(27)25-19(22(29)30)12-7-11-16-9-5-4-6-10-16/h4-6,9-10,13-15,18-19,29-30H,3,7-8,11-12H2,1-2H3,(H,25,27)/t18-,19+/m1/s1. The van der Waals surface area contributed by atoms with Crippen molar-refractivity contribution in [1.29, 1.82) is 0 Å². The Balaban J connectivity index is 2.00. The molecule has 9 heteroatoms. The molecule has 0 aliphatic rings. The summed E-state index contributed by atoms with van der Waals surface area (Å²) >= 11 is 0. The first-order chi connectivity index (χ1) is 14.4. The second-order valence-corrected chi connectivity index (χ2v) is 7.22. The largest absolute Gasteiger partial charge is 0.475 e. The average Bonchev–Trinajstić information content (AvgIpc) is 2.76. The molecule has 0 bridgehead atoms. The van der Waals surface area contributed by atoms with E-state index in [1.165, 1.54) is 30.5 Å². The minimum absolute atomic E-state index is 0.149. The highest BCUT2D eigenvalue weighted by Gasteiger charge is 2.32. The average molecular weight is 412 g/mol. The van der Waals surface area contributed by atoms with Crippen LogP contribution in [0.1, 0.15) is 48.7 Å². The van der Waals surface area contributed by atoms with Crippen molar-refractivity contribution in [3.8, 4) is 0 Å². The molecule has 1 aromatic heterocycles. The Bertz CT molecular complexity index is 792. The van der Waals surface area contributed by atoms with Gasteiger partial charge in [0.25, 0.3) is 5.91 Å². The van der Waals surface area contributed by atoms with Crippen LogP contribution in [-0.2, 0) is 11.2 Å². The Morgan fingerprint density at radius 3 is 2.50 bits per heavy atom. The molecule has 1 heterocycles. The van der Waals surface area contributed by atoms with E-state index in [9.17, 15) is 19.6 Å². The zero-order valence-electron chi connectivity index (χ0n) is 17.4. The topological polar surface area (TPSA) is 116 Å². The fraction of sp³-hybridized carbons (Fsp3) is 0.429. The van der Waals surface area contributed by atoms with Gasteiger partial charge in [-0.1, -0.05) is 43.7 Å². The number of likely N-dealkylation sites (N-methyl/N-ethyl adjacent to an activating group) is 1. The Hall–Kier alpha value is -2.78. The van der Waals surface area contributed by atoms with Crippen LogP contribution in [0.15, 0.2) is 48.9 Å². The molecule has 8 nitrogen and oxygen atoms in total. The van der Waals surface area contributed by atoms with Crippen LogP contribution in [0.4, 0.5) is 0 Å². The minimum Gasteiger partial charge on any atom is -0.426 e. The highest BCUT2D eigenvalue weighted by Crippen LogP contribution is 2.12. The predicted molar refractivity (Wildman–Crippen MR) is 114 cm³/mol. The first kappa shape index (κ1) is 23.5. The molecule has 2 atom stereocenters. The normalized spacial score (nSPS) is 12.7. The second kappa shape index (κ2) is 12.0. The number of carbonyl (C=O) groups is 2. The van der Waals surface area contributed by atoms with E-state index in [1.807, 2.05) is 37.3 Å². The third-order valence-electron chi connectivity index (χ3n) is 4.95. The SMILES string of the molecule is CCC[C@H](C(=O)N[C@@H](CCCc1ccccc1)B(O)O)N(C)C(=O)c1cnccn1. The van der Waals surface area contributed by atoms with E-state index >= 15 is 0 Å². The summed E-state index contributed by atoms with van der Waals surface area (Å²) in [6.45, 7) is 1.92. The predicted octanol–water partition coefficient (Wildman–Crippen LogP) is 1.24. The molecule has 0 aliphatic heterocycles. The Morgan fingerprint density at radius 2 is 1.90 bits per heavy atom. The van der Waals surface area contributed by atoms with E-state index in [-0.39, 0.29) is 5.69 Å². The maximum absolute atomic E-state index is 12.9. The van der Waals surface area contributed by atoms with Gasteiger partial charge in [-0.2, -0.15) is 0 Å². The van der Waals surface area contributed by atoms with E-state index in [1.54, 1.807) is 0 Å². The van der Waals surface area contributed by atoms with E-state index in [4.69, 9.17) is 0 Å². The lowest BCUT2D eigenvalue weighted by Crippen LogP contribution is -2.54.